The maximum absolute atomic E-state index is 9.91. The van der Waals surface area contributed by atoms with E-state index in [0.717, 1.165) is 35.1 Å². The van der Waals surface area contributed by atoms with E-state index in [0.29, 0.717) is 6.54 Å². The first-order valence-electron chi connectivity index (χ1n) is 5.17. The zero-order valence-electron chi connectivity index (χ0n) is 8.76. The van der Waals surface area contributed by atoms with Gasteiger partial charge in [-0.25, -0.2) is 4.98 Å². The molecule has 82 valence electrons. The molecule has 3 nitrogen and oxygen atoms in total. The average molecular weight is 271 g/mol. The van der Waals surface area contributed by atoms with Crippen molar-refractivity contribution in [2.75, 3.05) is 11.9 Å². The highest BCUT2D eigenvalue weighted by atomic mass is 79.9. The molecule has 2 rings (SSSR count). The number of nitrogens with one attached hydrogen (secondary N) is 1. The van der Waals surface area contributed by atoms with Crippen LogP contribution in [0.2, 0.25) is 0 Å². The third-order valence-corrected chi connectivity index (χ3v) is 3.45. The number of anilines is 1. The maximum atomic E-state index is 9.91. The lowest BCUT2D eigenvalue weighted by atomic mass is 9.80. The van der Waals surface area contributed by atoms with Crippen molar-refractivity contribution in [1.29, 1.82) is 0 Å². The summed E-state index contributed by atoms with van der Waals surface area (Å²) in [5.74, 6) is 0.806. The van der Waals surface area contributed by atoms with Gasteiger partial charge in [-0.15, -0.1) is 0 Å². The quantitative estimate of drug-likeness (QED) is 0.887. The Labute approximate surface area is 98.0 Å². The van der Waals surface area contributed by atoms with E-state index in [1.54, 1.807) is 0 Å². The van der Waals surface area contributed by atoms with Crippen molar-refractivity contribution in [3.63, 3.8) is 0 Å². The lowest BCUT2D eigenvalue weighted by Crippen LogP contribution is -2.43. The number of rotatable bonds is 3. The number of aliphatic hydroxyl groups is 1. The molecule has 1 aliphatic carbocycles. The maximum Gasteiger partial charge on any atom is 0.140 e. The molecule has 1 heterocycles. The van der Waals surface area contributed by atoms with Gasteiger partial charge >= 0.3 is 0 Å². The molecule has 0 unspecified atom stereocenters. The van der Waals surface area contributed by atoms with Crippen LogP contribution in [0.3, 0.4) is 0 Å². The Bertz CT molecular complexity index is 364. The van der Waals surface area contributed by atoms with Gasteiger partial charge in [-0.2, -0.15) is 0 Å². The predicted octanol–water partition coefficient (Wildman–Crippen LogP) is 2.48. The van der Waals surface area contributed by atoms with Gasteiger partial charge in [-0.1, -0.05) is 0 Å². The van der Waals surface area contributed by atoms with Gasteiger partial charge in [-0.05, 0) is 53.7 Å². The zero-order valence-corrected chi connectivity index (χ0v) is 10.3. The first kappa shape index (κ1) is 10.9. The highest BCUT2D eigenvalue weighted by Gasteiger charge is 2.34. The first-order valence-corrected chi connectivity index (χ1v) is 5.97. The molecule has 1 aromatic rings. The third kappa shape index (κ3) is 2.49. The van der Waals surface area contributed by atoms with Crippen molar-refractivity contribution >= 4 is 21.7 Å². The van der Waals surface area contributed by atoms with Gasteiger partial charge in [0, 0.05) is 12.7 Å². The van der Waals surface area contributed by atoms with E-state index in [-0.39, 0.29) is 0 Å². The Balaban J connectivity index is 1.98. The van der Waals surface area contributed by atoms with Gasteiger partial charge in [0.25, 0.3) is 0 Å². The fourth-order valence-corrected chi connectivity index (χ4v) is 2.28. The summed E-state index contributed by atoms with van der Waals surface area (Å²) >= 11 is 3.45. The van der Waals surface area contributed by atoms with Crippen molar-refractivity contribution < 1.29 is 5.11 Å². The van der Waals surface area contributed by atoms with Crippen LogP contribution in [0, 0.1) is 6.92 Å². The smallest absolute Gasteiger partial charge is 0.140 e. The second kappa shape index (κ2) is 4.10. The standard InChI is InChI=1S/C11H15BrN2O/c1-8-5-9(12)10(13-6-8)14-7-11(15)3-2-4-11/h5-6,15H,2-4,7H2,1H3,(H,13,14). The van der Waals surface area contributed by atoms with Crippen LogP contribution in [0.1, 0.15) is 24.8 Å². The fraction of sp³-hybridized carbons (Fsp3) is 0.545. The van der Waals surface area contributed by atoms with Gasteiger partial charge < -0.3 is 10.4 Å². The fourth-order valence-electron chi connectivity index (χ4n) is 1.67. The van der Waals surface area contributed by atoms with E-state index < -0.39 is 5.60 Å². The number of hydrogen-bond donors (Lipinski definition) is 2. The monoisotopic (exact) mass is 270 g/mol. The molecule has 0 spiro atoms. The minimum absolute atomic E-state index is 0.508. The molecule has 15 heavy (non-hydrogen) atoms. The summed E-state index contributed by atoms with van der Waals surface area (Å²) in [7, 11) is 0. The molecular weight excluding hydrogens is 256 g/mol. The van der Waals surface area contributed by atoms with E-state index in [1.807, 2.05) is 19.2 Å². The van der Waals surface area contributed by atoms with Gasteiger partial charge in [0.15, 0.2) is 0 Å². The Morgan fingerprint density at radius 1 is 1.60 bits per heavy atom. The molecule has 0 atom stereocenters. The molecule has 0 radical (unpaired) electrons. The highest BCUT2D eigenvalue weighted by Crippen LogP contribution is 2.32. The van der Waals surface area contributed by atoms with E-state index in [4.69, 9.17) is 0 Å². The normalized spacial score (nSPS) is 18.3. The molecule has 1 saturated carbocycles. The van der Waals surface area contributed by atoms with Crippen LogP contribution in [0.4, 0.5) is 5.82 Å². The van der Waals surface area contributed by atoms with E-state index in [2.05, 4.69) is 26.2 Å². The van der Waals surface area contributed by atoms with E-state index in [9.17, 15) is 5.11 Å². The molecule has 0 aliphatic heterocycles. The van der Waals surface area contributed by atoms with Crippen LogP contribution in [-0.4, -0.2) is 22.2 Å². The predicted molar refractivity (Wildman–Crippen MR) is 64.0 cm³/mol. The summed E-state index contributed by atoms with van der Waals surface area (Å²) in [5, 5.41) is 13.1. The number of nitrogens with zero attached hydrogens (tertiary/aromatic N) is 1. The van der Waals surface area contributed by atoms with E-state index in [1.165, 1.54) is 0 Å². The van der Waals surface area contributed by atoms with Crippen LogP contribution >= 0.6 is 15.9 Å². The number of aromatic nitrogens is 1. The van der Waals surface area contributed by atoms with Crippen molar-refractivity contribution in [2.24, 2.45) is 0 Å². The minimum Gasteiger partial charge on any atom is -0.388 e. The SMILES string of the molecule is Cc1cnc(NCC2(O)CCC2)c(Br)c1. The summed E-state index contributed by atoms with van der Waals surface area (Å²) in [5.41, 5.74) is 0.612. The lowest BCUT2D eigenvalue weighted by Gasteiger charge is -2.36. The molecule has 4 heteroatoms. The van der Waals surface area contributed by atoms with Gasteiger partial charge in [0.1, 0.15) is 5.82 Å². The number of hydrogen-bond acceptors (Lipinski definition) is 3. The number of halogens is 1. The largest absolute Gasteiger partial charge is 0.388 e. The zero-order chi connectivity index (χ0) is 10.9. The van der Waals surface area contributed by atoms with Crippen molar-refractivity contribution in [1.82, 2.24) is 4.98 Å². The van der Waals surface area contributed by atoms with Crippen LogP contribution < -0.4 is 5.32 Å². The van der Waals surface area contributed by atoms with Crippen molar-refractivity contribution in [2.45, 2.75) is 31.8 Å². The molecule has 0 saturated heterocycles. The first-order chi connectivity index (χ1) is 7.09. The van der Waals surface area contributed by atoms with Gasteiger partial charge in [0.2, 0.25) is 0 Å². The summed E-state index contributed by atoms with van der Waals surface area (Å²) in [6.45, 7) is 2.59. The lowest BCUT2D eigenvalue weighted by molar-refractivity contribution is -0.0202. The molecule has 1 aliphatic rings. The van der Waals surface area contributed by atoms with Crippen molar-refractivity contribution in [3.8, 4) is 0 Å². The molecule has 0 aromatic carbocycles. The molecule has 2 N–H and O–H groups in total. The Morgan fingerprint density at radius 3 is 2.87 bits per heavy atom. The molecule has 0 bridgehead atoms. The summed E-state index contributed by atoms with van der Waals surface area (Å²) < 4.78 is 0.949. The van der Waals surface area contributed by atoms with E-state index >= 15 is 0 Å². The number of pyridine rings is 1. The van der Waals surface area contributed by atoms with Crippen LogP contribution in [0.25, 0.3) is 0 Å². The third-order valence-electron chi connectivity index (χ3n) is 2.85. The summed E-state index contributed by atoms with van der Waals surface area (Å²) in [6, 6.07) is 2.01. The Kier molecular flexibility index (Phi) is 2.98. The van der Waals surface area contributed by atoms with Crippen molar-refractivity contribution in [3.05, 3.63) is 22.3 Å². The number of aryl methyl sites for hydroxylation is 1. The molecule has 0 amide bonds. The second-order valence-corrected chi connectivity index (χ2v) is 5.13. The topological polar surface area (TPSA) is 45.2 Å². The average Bonchev–Trinajstić information content (AvgIpc) is 2.14. The molecular formula is C11H15BrN2O. The summed E-state index contributed by atoms with van der Waals surface area (Å²) in [4.78, 5) is 4.27. The highest BCUT2D eigenvalue weighted by molar-refractivity contribution is 9.10. The van der Waals surface area contributed by atoms with Crippen LogP contribution in [0.15, 0.2) is 16.7 Å². The molecule has 1 fully saturated rings. The minimum atomic E-state index is -0.508. The summed E-state index contributed by atoms with van der Waals surface area (Å²) in [6.07, 6.45) is 4.73. The Hall–Kier alpha value is -0.610. The molecule has 1 aromatic heterocycles. The van der Waals surface area contributed by atoms with Crippen LogP contribution in [0.5, 0.6) is 0 Å². The van der Waals surface area contributed by atoms with Gasteiger partial charge in [0.05, 0.1) is 10.1 Å². The van der Waals surface area contributed by atoms with Crippen LogP contribution in [-0.2, 0) is 0 Å². The Morgan fingerprint density at radius 2 is 2.33 bits per heavy atom. The second-order valence-electron chi connectivity index (χ2n) is 4.27. The van der Waals surface area contributed by atoms with Gasteiger partial charge in [-0.3, -0.25) is 0 Å².